The molecule has 0 N–H and O–H groups in total. The van der Waals surface area contributed by atoms with Gasteiger partial charge in [0.05, 0.1) is 19.6 Å². The van der Waals surface area contributed by atoms with Crippen molar-refractivity contribution in [1.29, 1.82) is 0 Å². The molecule has 1 fully saturated rings. The number of benzene rings is 1. The third-order valence-electron chi connectivity index (χ3n) is 6.02. The lowest BCUT2D eigenvalue weighted by Gasteiger charge is -2.32. The van der Waals surface area contributed by atoms with Gasteiger partial charge in [-0.05, 0) is 37.8 Å². The number of hydrogen-bond acceptors (Lipinski definition) is 7. The Morgan fingerprint density at radius 2 is 1.94 bits per heavy atom. The van der Waals surface area contributed by atoms with Gasteiger partial charge in [0.2, 0.25) is 5.91 Å². The van der Waals surface area contributed by atoms with Crippen molar-refractivity contribution in [2.24, 2.45) is 11.8 Å². The molecule has 0 radical (unpaired) electrons. The van der Waals surface area contributed by atoms with Crippen molar-refractivity contribution in [2.75, 3.05) is 39.9 Å². The van der Waals surface area contributed by atoms with E-state index >= 15 is 0 Å². The van der Waals surface area contributed by atoms with E-state index in [2.05, 4.69) is 5.16 Å². The van der Waals surface area contributed by atoms with Crippen LogP contribution in [0.25, 0.3) is 11.3 Å². The number of likely N-dealkylation sites (tertiary alicyclic amines) is 1. The van der Waals surface area contributed by atoms with Crippen LogP contribution >= 0.6 is 0 Å². The first-order valence-corrected chi connectivity index (χ1v) is 12.2. The molecule has 0 atom stereocenters. The number of ether oxygens (including phenoxy) is 2. The standard InChI is InChI=1S/C26H35N3O6/c1-5-34-26(32)19-9-12-28(13-10-19)24(30)11-14-29(17-18(2)3)25(31)22-16-23(35-27-22)20-7-6-8-21(15-20)33-4/h6-8,15-16,18-19H,5,9-14,17H2,1-4H3. The number of aromatic nitrogens is 1. The Hall–Kier alpha value is -3.36. The summed E-state index contributed by atoms with van der Waals surface area (Å²) < 4.78 is 15.8. The largest absolute Gasteiger partial charge is 0.497 e. The predicted octanol–water partition coefficient (Wildman–Crippen LogP) is 3.64. The fourth-order valence-corrected chi connectivity index (χ4v) is 4.18. The average Bonchev–Trinajstić information content (AvgIpc) is 3.36. The van der Waals surface area contributed by atoms with Crippen LogP contribution in [0.2, 0.25) is 0 Å². The van der Waals surface area contributed by atoms with E-state index in [4.69, 9.17) is 14.0 Å². The number of carbonyl (C=O) groups is 3. The molecule has 1 aliphatic heterocycles. The summed E-state index contributed by atoms with van der Waals surface area (Å²) in [7, 11) is 1.59. The maximum Gasteiger partial charge on any atom is 0.309 e. The van der Waals surface area contributed by atoms with Crippen LogP contribution in [0.3, 0.4) is 0 Å². The quantitative estimate of drug-likeness (QED) is 0.474. The number of piperidine rings is 1. The van der Waals surface area contributed by atoms with Crippen molar-refractivity contribution in [2.45, 2.75) is 40.0 Å². The molecule has 9 heteroatoms. The number of nitrogens with zero attached hydrogens (tertiary/aromatic N) is 3. The van der Waals surface area contributed by atoms with E-state index in [1.165, 1.54) is 0 Å². The van der Waals surface area contributed by atoms with Crippen LogP contribution in [0.5, 0.6) is 5.75 Å². The van der Waals surface area contributed by atoms with Crippen LogP contribution in [-0.2, 0) is 14.3 Å². The van der Waals surface area contributed by atoms with Gasteiger partial charge in [-0.1, -0.05) is 31.1 Å². The normalized spacial score (nSPS) is 14.1. The SMILES string of the molecule is CCOC(=O)C1CCN(C(=O)CCN(CC(C)C)C(=O)c2cc(-c3cccc(OC)c3)on2)CC1. The molecule has 2 amide bonds. The van der Waals surface area contributed by atoms with E-state index in [0.717, 1.165) is 5.56 Å². The summed E-state index contributed by atoms with van der Waals surface area (Å²) in [6.07, 6.45) is 1.42. The lowest BCUT2D eigenvalue weighted by Crippen LogP contribution is -2.43. The van der Waals surface area contributed by atoms with Crippen molar-refractivity contribution in [1.82, 2.24) is 15.0 Å². The van der Waals surface area contributed by atoms with Crippen LogP contribution in [0.1, 0.15) is 50.5 Å². The second-order valence-corrected chi connectivity index (χ2v) is 9.11. The zero-order valence-electron chi connectivity index (χ0n) is 21.0. The molecule has 0 unspecified atom stereocenters. The van der Waals surface area contributed by atoms with Gasteiger partial charge >= 0.3 is 5.97 Å². The van der Waals surface area contributed by atoms with Gasteiger partial charge in [-0.25, -0.2) is 0 Å². The number of hydrogen-bond donors (Lipinski definition) is 0. The summed E-state index contributed by atoms with van der Waals surface area (Å²) in [6.45, 7) is 8.03. The highest BCUT2D eigenvalue weighted by Gasteiger charge is 2.29. The number of methoxy groups -OCH3 is 1. The Labute approximate surface area is 206 Å². The first kappa shape index (κ1) is 26.2. The molecular weight excluding hydrogens is 450 g/mol. The van der Waals surface area contributed by atoms with Crippen molar-refractivity contribution in [3.63, 3.8) is 0 Å². The average molecular weight is 486 g/mol. The molecule has 1 aliphatic rings. The Balaban J connectivity index is 1.60. The fourth-order valence-electron chi connectivity index (χ4n) is 4.18. The highest BCUT2D eigenvalue weighted by molar-refractivity contribution is 5.93. The zero-order chi connectivity index (χ0) is 25.4. The van der Waals surface area contributed by atoms with E-state index in [1.54, 1.807) is 29.9 Å². The monoisotopic (exact) mass is 485 g/mol. The van der Waals surface area contributed by atoms with Gasteiger partial charge in [0.25, 0.3) is 5.91 Å². The van der Waals surface area contributed by atoms with E-state index in [9.17, 15) is 14.4 Å². The van der Waals surface area contributed by atoms with Gasteiger partial charge < -0.3 is 23.8 Å². The highest BCUT2D eigenvalue weighted by Crippen LogP contribution is 2.25. The summed E-state index contributed by atoms with van der Waals surface area (Å²) in [5.74, 6) is 0.740. The molecule has 35 heavy (non-hydrogen) atoms. The molecule has 190 valence electrons. The van der Waals surface area contributed by atoms with Crippen molar-refractivity contribution < 1.29 is 28.4 Å². The van der Waals surface area contributed by atoms with Crippen molar-refractivity contribution in [3.8, 4) is 17.1 Å². The first-order chi connectivity index (χ1) is 16.8. The maximum absolute atomic E-state index is 13.2. The minimum absolute atomic E-state index is 0.0221. The molecule has 0 saturated carbocycles. The zero-order valence-corrected chi connectivity index (χ0v) is 21.0. The third-order valence-corrected chi connectivity index (χ3v) is 6.02. The molecular formula is C26H35N3O6. The van der Waals surface area contributed by atoms with Gasteiger partial charge in [-0.3, -0.25) is 14.4 Å². The summed E-state index contributed by atoms with van der Waals surface area (Å²) in [5.41, 5.74) is 0.957. The van der Waals surface area contributed by atoms with Crippen molar-refractivity contribution >= 4 is 17.8 Å². The minimum atomic E-state index is -0.273. The summed E-state index contributed by atoms with van der Waals surface area (Å²) >= 11 is 0. The number of amides is 2. The Morgan fingerprint density at radius 1 is 1.20 bits per heavy atom. The van der Waals surface area contributed by atoms with E-state index in [1.807, 2.05) is 38.1 Å². The molecule has 1 saturated heterocycles. The second kappa shape index (κ2) is 12.4. The minimum Gasteiger partial charge on any atom is -0.497 e. The molecule has 0 spiro atoms. The molecule has 0 bridgehead atoms. The van der Waals surface area contributed by atoms with E-state index < -0.39 is 0 Å². The molecule has 9 nitrogen and oxygen atoms in total. The lowest BCUT2D eigenvalue weighted by molar-refractivity contribution is -0.151. The van der Waals surface area contributed by atoms with Crippen molar-refractivity contribution in [3.05, 3.63) is 36.0 Å². The van der Waals surface area contributed by atoms with Gasteiger partial charge in [-0.15, -0.1) is 0 Å². The van der Waals surface area contributed by atoms with Gasteiger partial charge in [0, 0.05) is 44.2 Å². The van der Waals surface area contributed by atoms with Gasteiger partial charge in [-0.2, -0.15) is 0 Å². The Kier molecular flexibility index (Phi) is 9.28. The molecule has 0 aliphatic carbocycles. The number of esters is 1. The molecule has 2 heterocycles. The van der Waals surface area contributed by atoms with Crippen LogP contribution in [-0.4, -0.2) is 72.6 Å². The first-order valence-electron chi connectivity index (χ1n) is 12.2. The van der Waals surface area contributed by atoms with Crippen LogP contribution in [0.15, 0.2) is 34.9 Å². The smallest absolute Gasteiger partial charge is 0.309 e. The van der Waals surface area contributed by atoms with Crippen LogP contribution < -0.4 is 4.74 Å². The van der Waals surface area contributed by atoms with Crippen LogP contribution in [0.4, 0.5) is 0 Å². The summed E-state index contributed by atoms with van der Waals surface area (Å²) in [6, 6.07) is 8.95. The predicted molar refractivity (Wildman–Crippen MR) is 130 cm³/mol. The number of rotatable bonds is 10. The highest BCUT2D eigenvalue weighted by atomic mass is 16.5. The third kappa shape index (κ3) is 7.07. The molecule has 2 aromatic rings. The summed E-state index contributed by atoms with van der Waals surface area (Å²) in [4.78, 5) is 41.4. The van der Waals surface area contributed by atoms with Gasteiger partial charge in [0.15, 0.2) is 11.5 Å². The number of carbonyl (C=O) groups excluding carboxylic acids is 3. The van der Waals surface area contributed by atoms with Gasteiger partial charge in [0.1, 0.15) is 5.75 Å². The van der Waals surface area contributed by atoms with E-state index in [0.29, 0.717) is 50.6 Å². The van der Waals surface area contributed by atoms with Crippen LogP contribution in [0, 0.1) is 11.8 Å². The maximum atomic E-state index is 13.2. The lowest BCUT2D eigenvalue weighted by atomic mass is 9.97. The van der Waals surface area contributed by atoms with E-state index in [-0.39, 0.29) is 48.3 Å². The Bertz CT molecular complexity index is 1010. The second-order valence-electron chi connectivity index (χ2n) is 9.11. The fraction of sp³-hybridized carbons (Fsp3) is 0.538. The summed E-state index contributed by atoms with van der Waals surface area (Å²) in [5, 5.41) is 3.99. The topological polar surface area (TPSA) is 102 Å². The molecule has 1 aromatic heterocycles. The molecule has 3 rings (SSSR count). The Morgan fingerprint density at radius 3 is 2.60 bits per heavy atom. The molecule has 1 aromatic carbocycles.